The second-order valence-electron chi connectivity index (χ2n) is 5.39. The maximum absolute atomic E-state index is 13.5. The van der Waals surface area contributed by atoms with Crippen LogP contribution in [0, 0.1) is 5.82 Å². The van der Waals surface area contributed by atoms with E-state index in [0.29, 0.717) is 16.9 Å². The van der Waals surface area contributed by atoms with Gasteiger partial charge >= 0.3 is 0 Å². The molecule has 0 unspecified atom stereocenters. The van der Waals surface area contributed by atoms with Gasteiger partial charge in [0.05, 0.1) is 0 Å². The predicted molar refractivity (Wildman–Crippen MR) is 94.8 cm³/mol. The van der Waals surface area contributed by atoms with Crippen LogP contribution < -0.4 is 4.74 Å². The minimum absolute atomic E-state index is 0.104. The molecule has 1 aromatic heterocycles. The summed E-state index contributed by atoms with van der Waals surface area (Å²) in [5.41, 5.74) is 1.92. The number of halogens is 1. The summed E-state index contributed by atoms with van der Waals surface area (Å²) in [7, 11) is 0. The maximum Gasteiger partial charge on any atom is 0.187 e. The van der Waals surface area contributed by atoms with E-state index in [2.05, 4.69) is 4.98 Å². The number of rotatable bonds is 6. The van der Waals surface area contributed by atoms with E-state index in [-0.39, 0.29) is 18.2 Å². The van der Waals surface area contributed by atoms with Gasteiger partial charge in [-0.2, -0.15) is 0 Å². The van der Waals surface area contributed by atoms with E-state index < -0.39 is 0 Å². The number of ether oxygens (including phenoxy) is 1. The molecule has 0 saturated carbocycles. The van der Waals surface area contributed by atoms with Crippen molar-refractivity contribution in [3.63, 3.8) is 0 Å². The number of benzene rings is 2. The van der Waals surface area contributed by atoms with Gasteiger partial charge in [0.15, 0.2) is 5.78 Å². The SMILES string of the molecule is O=C(/C=C/c1ccc(OCc2ccccc2F)cc1)c1cccnc1. The van der Waals surface area contributed by atoms with Gasteiger partial charge in [0.25, 0.3) is 0 Å². The van der Waals surface area contributed by atoms with Crippen molar-refractivity contribution in [2.24, 2.45) is 0 Å². The van der Waals surface area contributed by atoms with Crippen LogP contribution in [-0.2, 0) is 6.61 Å². The summed E-state index contributed by atoms with van der Waals surface area (Å²) < 4.78 is 19.1. The van der Waals surface area contributed by atoms with Crippen molar-refractivity contribution in [3.8, 4) is 5.75 Å². The topological polar surface area (TPSA) is 39.2 Å². The largest absolute Gasteiger partial charge is 0.489 e. The Morgan fingerprint density at radius 2 is 1.84 bits per heavy atom. The summed E-state index contributed by atoms with van der Waals surface area (Å²) in [5, 5.41) is 0. The number of pyridine rings is 1. The average Bonchev–Trinajstić information content (AvgIpc) is 2.67. The molecule has 0 spiro atoms. The fourth-order valence-electron chi connectivity index (χ4n) is 2.23. The molecule has 0 atom stereocenters. The number of hydrogen-bond donors (Lipinski definition) is 0. The van der Waals surface area contributed by atoms with Crippen molar-refractivity contribution in [1.82, 2.24) is 4.98 Å². The van der Waals surface area contributed by atoms with E-state index in [1.165, 1.54) is 18.3 Å². The number of carbonyl (C=O) groups excluding carboxylic acids is 1. The van der Waals surface area contributed by atoms with Gasteiger partial charge in [0.1, 0.15) is 18.2 Å². The lowest BCUT2D eigenvalue weighted by Gasteiger charge is -2.07. The predicted octanol–water partition coefficient (Wildman–Crippen LogP) is 4.70. The normalized spacial score (nSPS) is 10.8. The summed E-state index contributed by atoms with van der Waals surface area (Å²) in [6.07, 6.45) is 6.40. The molecular formula is C21H16FNO2. The fourth-order valence-corrected chi connectivity index (χ4v) is 2.23. The fraction of sp³-hybridized carbons (Fsp3) is 0.0476. The van der Waals surface area contributed by atoms with Crippen LogP contribution in [0.5, 0.6) is 5.75 Å². The molecular weight excluding hydrogens is 317 g/mol. The molecule has 0 aliphatic heterocycles. The van der Waals surface area contributed by atoms with Crippen molar-refractivity contribution in [2.75, 3.05) is 0 Å². The highest BCUT2D eigenvalue weighted by atomic mass is 19.1. The van der Waals surface area contributed by atoms with E-state index >= 15 is 0 Å². The van der Waals surface area contributed by atoms with E-state index in [4.69, 9.17) is 4.74 Å². The smallest absolute Gasteiger partial charge is 0.187 e. The summed E-state index contributed by atoms with van der Waals surface area (Å²) in [6.45, 7) is 0.168. The number of hydrogen-bond acceptors (Lipinski definition) is 3. The van der Waals surface area contributed by atoms with E-state index in [9.17, 15) is 9.18 Å². The van der Waals surface area contributed by atoms with Crippen LogP contribution in [0.4, 0.5) is 4.39 Å². The first-order valence-corrected chi connectivity index (χ1v) is 7.81. The molecule has 0 N–H and O–H groups in total. The van der Waals surface area contributed by atoms with Crippen molar-refractivity contribution in [2.45, 2.75) is 6.61 Å². The summed E-state index contributed by atoms with van der Waals surface area (Å²) in [6, 6.07) is 17.2. The molecule has 3 aromatic rings. The lowest BCUT2D eigenvalue weighted by molar-refractivity contribution is 0.104. The molecule has 0 fully saturated rings. The molecule has 2 aromatic carbocycles. The standard InChI is InChI=1S/C21H16FNO2/c22-20-6-2-1-4-18(20)15-25-19-10-7-16(8-11-19)9-12-21(24)17-5-3-13-23-14-17/h1-14H,15H2/b12-9+. The minimum atomic E-state index is -0.282. The molecule has 1 heterocycles. The summed E-state index contributed by atoms with van der Waals surface area (Å²) in [5.74, 6) is 0.253. The average molecular weight is 333 g/mol. The van der Waals surface area contributed by atoms with Crippen LogP contribution in [0.15, 0.2) is 79.1 Å². The molecule has 0 radical (unpaired) electrons. The van der Waals surface area contributed by atoms with Crippen LogP contribution in [0.25, 0.3) is 6.08 Å². The molecule has 0 aliphatic carbocycles. The highest BCUT2D eigenvalue weighted by molar-refractivity contribution is 6.06. The second kappa shape index (κ2) is 8.02. The minimum Gasteiger partial charge on any atom is -0.489 e. The molecule has 124 valence electrons. The van der Waals surface area contributed by atoms with Gasteiger partial charge in [-0.15, -0.1) is 0 Å². The zero-order valence-electron chi connectivity index (χ0n) is 13.4. The molecule has 0 bridgehead atoms. The number of nitrogens with zero attached hydrogens (tertiary/aromatic N) is 1. The summed E-state index contributed by atoms with van der Waals surface area (Å²) in [4.78, 5) is 15.9. The lowest BCUT2D eigenvalue weighted by Crippen LogP contribution is -1.98. The number of allylic oxidation sites excluding steroid dienone is 1. The van der Waals surface area contributed by atoms with Crippen LogP contribution in [0.3, 0.4) is 0 Å². The number of ketones is 1. The van der Waals surface area contributed by atoms with Gasteiger partial charge in [0, 0.05) is 23.5 Å². The Balaban J connectivity index is 1.60. The van der Waals surface area contributed by atoms with Crippen LogP contribution >= 0.6 is 0 Å². The Hall–Kier alpha value is -3.27. The van der Waals surface area contributed by atoms with Gasteiger partial charge in [-0.1, -0.05) is 36.4 Å². The number of carbonyl (C=O) groups is 1. The highest BCUT2D eigenvalue weighted by Crippen LogP contribution is 2.16. The highest BCUT2D eigenvalue weighted by Gasteiger charge is 2.02. The quantitative estimate of drug-likeness (QED) is 0.485. The van der Waals surface area contributed by atoms with E-state index in [1.807, 2.05) is 12.1 Å². The molecule has 0 amide bonds. The molecule has 0 aliphatic rings. The second-order valence-corrected chi connectivity index (χ2v) is 5.39. The Bertz CT molecular complexity index is 874. The van der Waals surface area contributed by atoms with Crippen molar-refractivity contribution < 1.29 is 13.9 Å². The van der Waals surface area contributed by atoms with Crippen LogP contribution in [-0.4, -0.2) is 10.8 Å². The third-order valence-corrected chi connectivity index (χ3v) is 3.61. The van der Waals surface area contributed by atoms with Crippen LogP contribution in [0.1, 0.15) is 21.5 Å². The zero-order chi connectivity index (χ0) is 17.5. The maximum atomic E-state index is 13.5. The molecule has 3 nitrogen and oxygen atoms in total. The molecule has 3 rings (SSSR count). The van der Waals surface area contributed by atoms with Gasteiger partial charge in [-0.05, 0) is 42.0 Å². The monoisotopic (exact) mass is 333 g/mol. The van der Waals surface area contributed by atoms with Gasteiger partial charge < -0.3 is 4.74 Å². The number of aromatic nitrogens is 1. The Labute approximate surface area is 145 Å². The molecule has 25 heavy (non-hydrogen) atoms. The zero-order valence-corrected chi connectivity index (χ0v) is 13.4. The summed E-state index contributed by atoms with van der Waals surface area (Å²) >= 11 is 0. The van der Waals surface area contributed by atoms with Gasteiger partial charge in [-0.25, -0.2) is 4.39 Å². The van der Waals surface area contributed by atoms with E-state index in [0.717, 1.165) is 5.56 Å². The van der Waals surface area contributed by atoms with E-state index in [1.54, 1.807) is 54.7 Å². The van der Waals surface area contributed by atoms with Crippen molar-refractivity contribution in [3.05, 3.63) is 102 Å². The Morgan fingerprint density at radius 3 is 2.56 bits per heavy atom. The lowest BCUT2D eigenvalue weighted by atomic mass is 10.1. The van der Waals surface area contributed by atoms with Crippen molar-refractivity contribution >= 4 is 11.9 Å². The first-order valence-electron chi connectivity index (χ1n) is 7.81. The first kappa shape index (κ1) is 16.6. The third kappa shape index (κ3) is 4.61. The van der Waals surface area contributed by atoms with Gasteiger partial charge in [0.2, 0.25) is 0 Å². The first-order chi connectivity index (χ1) is 12.2. The molecule has 4 heteroatoms. The Kier molecular flexibility index (Phi) is 5.32. The van der Waals surface area contributed by atoms with Crippen LogP contribution in [0.2, 0.25) is 0 Å². The third-order valence-electron chi connectivity index (χ3n) is 3.61. The Morgan fingerprint density at radius 1 is 1.04 bits per heavy atom. The van der Waals surface area contributed by atoms with Gasteiger partial charge in [-0.3, -0.25) is 9.78 Å². The molecule has 0 saturated heterocycles. The van der Waals surface area contributed by atoms with Crippen molar-refractivity contribution in [1.29, 1.82) is 0 Å².